The monoisotopic (exact) mass is 660 g/mol. The third-order valence-corrected chi connectivity index (χ3v) is 8.72. The highest BCUT2D eigenvalue weighted by Gasteiger charge is 2.23. The van der Waals surface area contributed by atoms with E-state index in [1.165, 1.54) is 0 Å². The minimum absolute atomic E-state index is 0.105. The topological polar surface area (TPSA) is 129 Å². The minimum Gasteiger partial charge on any atom is -0.493 e. The zero-order chi connectivity index (χ0) is 33.8. The van der Waals surface area contributed by atoms with E-state index < -0.39 is 23.9 Å². The number of nitrogens with one attached hydrogen (secondary N) is 2. The van der Waals surface area contributed by atoms with Crippen molar-refractivity contribution in [1.82, 2.24) is 10.3 Å². The summed E-state index contributed by atoms with van der Waals surface area (Å²) in [6.45, 7) is 2.28. The molecular formula is C39H33ClN2O6. The molecule has 0 saturated carbocycles. The Balaban J connectivity index is 1.20. The van der Waals surface area contributed by atoms with Crippen LogP contribution in [0, 0.1) is 6.92 Å². The van der Waals surface area contributed by atoms with Crippen molar-refractivity contribution in [1.29, 1.82) is 0 Å². The maximum Gasteiger partial charge on any atom is 0.352 e. The molecule has 0 aliphatic carbocycles. The molecule has 6 aromatic rings. The van der Waals surface area contributed by atoms with Crippen LogP contribution in [0.25, 0.3) is 32.8 Å². The standard InChI is InChI=1S/C39H33ClN2O6/c1-23-21-26(37(43)41-33(38(44)45)22-24-14-17-27(40)18-15-24)16-19-28(23)30-10-5-11-31-32(36(39(46)47)42-35(30)31)12-6-20-48-34-13-4-8-25-7-2-3-9-29(25)34/h2-5,7-11,13-19,21,33,42H,6,12,20,22H2,1H3,(H,41,43)(H,44,45)(H,46,47). The smallest absolute Gasteiger partial charge is 0.352 e. The fourth-order valence-corrected chi connectivity index (χ4v) is 6.22. The summed E-state index contributed by atoms with van der Waals surface area (Å²) in [5.41, 5.74) is 4.96. The van der Waals surface area contributed by atoms with Crippen LogP contribution in [0.4, 0.5) is 0 Å². The van der Waals surface area contributed by atoms with Crippen molar-refractivity contribution in [3.05, 3.63) is 136 Å². The molecule has 1 aromatic heterocycles. The number of amides is 1. The van der Waals surface area contributed by atoms with Crippen molar-refractivity contribution in [3.63, 3.8) is 0 Å². The summed E-state index contributed by atoms with van der Waals surface area (Å²) in [7, 11) is 0. The zero-order valence-corrected chi connectivity index (χ0v) is 26.9. The number of carboxylic acid groups (broad SMARTS) is 2. The number of carbonyl (C=O) groups excluding carboxylic acids is 1. The number of aromatic amines is 1. The van der Waals surface area contributed by atoms with Crippen LogP contribution < -0.4 is 10.1 Å². The second kappa shape index (κ2) is 14.0. The normalized spacial score (nSPS) is 11.8. The molecule has 1 amide bonds. The van der Waals surface area contributed by atoms with Crippen molar-refractivity contribution in [2.75, 3.05) is 6.61 Å². The number of halogens is 1. The molecule has 1 unspecified atom stereocenters. The Labute approximate surface area is 281 Å². The van der Waals surface area contributed by atoms with Gasteiger partial charge in [0.15, 0.2) is 0 Å². The van der Waals surface area contributed by atoms with Crippen LogP contribution in [0.5, 0.6) is 5.75 Å². The number of para-hydroxylation sites is 1. The number of carbonyl (C=O) groups is 3. The third-order valence-electron chi connectivity index (χ3n) is 8.47. The lowest BCUT2D eigenvalue weighted by molar-refractivity contribution is -0.139. The lowest BCUT2D eigenvalue weighted by atomic mass is 9.95. The quantitative estimate of drug-likeness (QED) is 0.0983. The summed E-state index contributed by atoms with van der Waals surface area (Å²) in [6, 6.07) is 30.5. The van der Waals surface area contributed by atoms with E-state index >= 15 is 0 Å². The van der Waals surface area contributed by atoms with Crippen LogP contribution in [0.2, 0.25) is 5.02 Å². The Bertz CT molecular complexity index is 2150. The molecule has 0 bridgehead atoms. The number of fused-ring (bicyclic) bond motifs is 2. The van der Waals surface area contributed by atoms with Crippen LogP contribution in [0.3, 0.4) is 0 Å². The van der Waals surface area contributed by atoms with E-state index in [0.717, 1.165) is 44.2 Å². The number of aromatic nitrogens is 1. The molecule has 48 heavy (non-hydrogen) atoms. The van der Waals surface area contributed by atoms with Crippen molar-refractivity contribution in [2.24, 2.45) is 0 Å². The lowest BCUT2D eigenvalue weighted by Crippen LogP contribution is -2.42. The molecule has 0 radical (unpaired) electrons. The molecule has 9 heteroatoms. The highest BCUT2D eigenvalue weighted by molar-refractivity contribution is 6.30. The van der Waals surface area contributed by atoms with E-state index in [0.29, 0.717) is 41.1 Å². The van der Waals surface area contributed by atoms with E-state index in [1.807, 2.05) is 67.6 Å². The van der Waals surface area contributed by atoms with Crippen molar-refractivity contribution in [3.8, 4) is 16.9 Å². The average Bonchev–Trinajstić information content (AvgIpc) is 3.46. The number of hydrogen-bond acceptors (Lipinski definition) is 4. The van der Waals surface area contributed by atoms with Gasteiger partial charge in [0, 0.05) is 33.3 Å². The molecule has 6 rings (SSSR count). The summed E-state index contributed by atoms with van der Waals surface area (Å²) in [5, 5.41) is 26.0. The zero-order valence-electron chi connectivity index (χ0n) is 26.1. The molecule has 5 aromatic carbocycles. The Hall–Kier alpha value is -5.60. The number of H-pyrrole nitrogens is 1. The average molecular weight is 661 g/mol. The lowest BCUT2D eigenvalue weighted by Gasteiger charge is -2.16. The SMILES string of the molecule is Cc1cc(C(=O)NC(Cc2ccc(Cl)cc2)C(=O)O)ccc1-c1cccc2c(CCCOc3cccc4ccccc34)c(C(=O)O)[nH]c12. The number of aromatic carboxylic acids is 1. The Kier molecular flexibility index (Phi) is 9.45. The van der Waals surface area contributed by atoms with Crippen molar-refractivity contribution in [2.45, 2.75) is 32.2 Å². The van der Waals surface area contributed by atoms with Crippen molar-refractivity contribution < 1.29 is 29.3 Å². The Morgan fingerprint density at radius 3 is 2.33 bits per heavy atom. The fourth-order valence-electron chi connectivity index (χ4n) is 6.10. The van der Waals surface area contributed by atoms with Crippen molar-refractivity contribution >= 4 is 51.1 Å². The molecule has 0 saturated heterocycles. The number of aliphatic carboxylic acids is 1. The number of ether oxygens (including phenoxy) is 1. The van der Waals surface area contributed by atoms with Gasteiger partial charge in [0.1, 0.15) is 17.5 Å². The number of rotatable bonds is 12. The van der Waals surface area contributed by atoms with Crippen LogP contribution in [-0.2, 0) is 17.6 Å². The van der Waals surface area contributed by atoms with Crippen LogP contribution in [0.15, 0.2) is 103 Å². The van der Waals surface area contributed by atoms with Gasteiger partial charge in [0.2, 0.25) is 0 Å². The molecule has 242 valence electrons. The van der Waals surface area contributed by atoms with Gasteiger partial charge in [-0.1, -0.05) is 84.4 Å². The molecule has 8 nitrogen and oxygen atoms in total. The largest absolute Gasteiger partial charge is 0.493 e. The van der Waals surface area contributed by atoms with Crippen LogP contribution in [-0.4, -0.2) is 45.7 Å². The third kappa shape index (κ3) is 6.89. The molecule has 4 N–H and O–H groups in total. The van der Waals surface area contributed by atoms with E-state index in [2.05, 4.69) is 10.3 Å². The summed E-state index contributed by atoms with van der Waals surface area (Å²) in [6.07, 6.45) is 1.21. The van der Waals surface area contributed by atoms with Gasteiger partial charge < -0.3 is 25.3 Å². The first-order valence-electron chi connectivity index (χ1n) is 15.6. The van der Waals surface area contributed by atoms with E-state index in [1.54, 1.807) is 42.5 Å². The van der Waals surface area contributed by atoms with Crippen LogP contribution >= 0.6 is 11.6 Å². The van der Waals surface area contributed by atoms with E-state index in [4.69, 9.17) is 16.3 Å². The van der Waals surface area contributed by atoms with Gasteiger partial charge in [-0.2, -0.15) is 0 Å². The molecule has 0 aliphatic heterocycles. The maximum atomic E-state index is 13.1. The molecule has 0 aliphatic rings. The van der Waals surface area contributed by atoms with Gasteiger partial charge in [-0.3, -0.25) is 4.79 Å². The maximum absolute atomic E-state index is 13.1. The Morgan fingerprint density at radius 2 is 1.58 bits per heavy atom. The second-order valence-corrected chi connectivity index (χ2v) is 12.1. The summed E-state index contributed by atoms with van der Waals surface area (Å²) < 4.78 is 6.11. The fraction of sp³-hybridized carbons (Fsp3) is 0.154. The van der Waals surface area contributed by atoms with Gasteiger partial charge in [-0.25, -0.2) is 9.59 Å². The second-order valence-electron chi connectivity index (χ2n) is 11.7. The highest BCUT2D eigenvalue weighted by Crippen LogP contribution is 2.35. The first-order valence-corrected chi connectivity index (χ1v) is 15.9. The van der Waals surface area contributed by atoms with Gasteiger partial charge in [-0.15, -0.1) is 0 Å². The minimum atomic E-state index is -1.14. The van der Waals surface area contributed by atoms with Gasteiger partial charge >= 0.3 is 11.9 Å². The predicted octanol–water partition coefficient (Wildman–Crippen LogP) is 8.09. The number of aryl methyl sites for hydroxylation is 2. The first kappa shape index (κ1) is 32.3. The first-order chi connectivity index (χ1) is 23.2. The number of benzene rings is 5. The molecule has 1 atom stereocenters. The number of hydrogen-bond donors (Lipinski definition) is 4. The van der Waals surface area contributed by atoms with E-state index in [9.17, 15) is 24.6 Å². The number of carboxylic acids is 2. The molecule has 1 heterocycles. The molecule has 0 fully saturated rings. The highest BCUT2D eigenvalue weighted by atomic mass is 35.5. The van der Waals surface area contributed by atoms with E-state index in [-0.39, 0.29) is 12.1 Å². The molecular weight excluding hydrogens is 628 g/mol. The summed E-state index contributed by atoms with van der Waals surface area (Å²) in [4.78, 5) is 40.6. The van der Waals surface area contributed by atoms with Gasteiger partial charge in [0.05, 0.1) is 12.1 Å². The summed E-state index contributed by atoms with van der Waals surface area (Å²) in [5.74, 6) is -1.90. The Morgan fingerprint density at radius 1 is 0.854 bits per heavy atom. The molecule has 0 spiro atoms. The predicted molar refractivity (Wildman–Crippen MR) is 187 cm³/mol. The van der Waals surface area contributed by atoms with Gasteiger partial charge in [-0.05, 0) is 77.7 Å². The summed E-state index contributed by atoms with van der Waals surface area (Å²) >= 11 is 5.94. The van der Waals surface area contributed by atoms with Gasteiger partial charge in [0.25, 0.3) is 5.91 Å². The van der Waals surface area contributed by atoms with Crippen LogP contribution in [0.1, 0.15) is 44.0 Å².